The number of hydrogen-bond donors (Lipinski definition) is 2. The molecular formula is C15H19BrN4OS. The molecule has 0 aliphatic rings. The van der Waals surface area contributed by atoms with Crippen molar-refractivity contribution in [3.63, 3.8) is 0 Å². The highest BCUT2D eigenvalue weighted by molar-refractivity contribution is 9.10. The quantitative estimate of drug-likeness (QED) is 0.750. The van der Waals surface area contributed by atoms with Crippen molar-refractivity contribution < 1.29 is 4.79 Å². The van der Waals surface area contributed by atoms with E-state index >= 15 is 0 Å². The zero-order valence-electron chi connectivity index (χ0n) is 12.8. The second-order valence-electron chi connectivity index (χ2n) is 5.36. The Bertz CT molecular complexity index is 627. The number of halogens is 1. The van der Waals surface area contributed by atoms with Crippen LogP contribution >= 0.6 is 27.7 Å². The Kier molecular flexibility index (Phi) is 6.02. The number of nitrogens with one attached hydrogen (secondary N) is 2. The lowest BCUT2D eigenvalue weighted by molar-refractivity contribution is -0.119. The summed E-state index contributed by atoms with van der Waals surface area (Å²) in [5.74, 6) is 1.43. The second-order valence-corrected chi connectivity index (χ2v) is 7.22. The van der Waals surface area contributed by atoms with E-state index in [1.165, 1.54) is 11.8 Å². The maximum absolute atomic E-state index is 11.8. The van der Waals surface area contributed by atoms with E-state index in [0.29, 0.717) is 22.7 Å². The average Bonchev–Trinajstić information content (AvgIpc) is 2.94. The van der Waals surface area contributed by atoms with Gasteiger partial charge in [-0.2, -0.15) is 0 Å². The Balaban J connectivity index is 1.90. The number of H-pyrrole nitrogens is 1. The van der Waals surface area contributed by atoms with Crippen LogP contribution in [0.25, 0.3) is 11.4 Å². The third kappa shape index (κ3) is 4.84. The molecule has 7 heteroatoms. The first-order valence-corrected chi connectivity index (χ1v) is 8.84. The van der Waals surface area contributed by atoms with Gasteiger partial charge in [0.15, 0.2) is 5.82 Å². The van der Waals surface area contributed by atoms with Crippen molar-refractivity contribution in [2.75, 3.05) is 5.75 Å². The van der Waals surface area contributed by atoms with Gasteiger partial charge in [-0.3, -0.25) is 9.89 Å². The molecule has 0 unspecified atom stereocenters. The lowest BCUT2D eigenvalue weighted by Crippen LogP contribution is -2.37. The molecule has 0 fully saturated rings. The van der Waals surface area contributed by atoms with Gasteiger partial charge in [-0.05, 0) is 25.0 Å². The van der Waals surface area contributed by atoms with Gasteiger partial charge in [0, 0.05) is 16.1 Å². The summed E-state index contributed by atoms with van der Waals surface area (Å²) in [5.41, 5.74) is 0.959. The smallest absolute Gasteiger partial charge is 0.230 e. The lowest BCUT2D eigenvalue weighted by Gasteiger charge is -2.16. The van der Waals surface area contributed by atoms with E-state index in [2.05, 4.69) is 50.3 Å². The molecule has 0 saturated carbocycles. The van der Waals surface area contributed by atoms with Gasteiger partial charge in [0.05, 0.1) is 5.75 Å². The standard InChI is InChI=1S/C15H19BrN4OS/c1-9(2)10(3)17-13(21)8-22-15-18-14(19-20-15)11-4-6-12(16)7-5-11/h4-7,9-10H,8H2,1-3H3,(H,17,21)(H,18,19,20)/t10-/m0/s1. The van der Waals surface area contributed by atoms with E-state index in [4.69, 9.17) is 0 Å². The summed E-state index contributed by atoms with van der Waals surface area (Å²) in [4.78, 5) is 16.2. The van der Waals surface area contributed by atoms with E-state index < -0.39 is 0 Å². The van der Waals surface area contributed by atoms with Crippen LogP contribution in [0.15, 0.2) is 33.9 Å². The molecule has 0 bridgehead atoms. The molecule has 1 atom stereocenters. The Morgan fingerprint density at radius 1 is 1.32 bits per heavy atom. The van der Waals surface area contributed by atoms with Crippen LogP contribution in [0.4, 0.5) is 0 Å². The number of rotatable bonds is 6. The van der Waals surface area contributed by atoms with Gasteiger partial charge in [-0.25, -0.2) is 4.98 Å². The number of carbonyl (C=O) groups is 1. The summed E-state index contributed by atoms with van der Waals surface area (Å²) < 4.78 is 1.02. The highest BCUT2D eigenvalue weighted by atomic mass is 79.9. The molecule has 22 heavy (non-hydrogen) atoms. The number of aromatic amines is 1. The zero-order chi connectivity index (χ0) is 16.1. The molecular weight excluding hydrogens is 364 g/mol. The predicted octanol–water partition coefficient (Wildman–Crippen LogP) is 3.49. The maximum Gasteiger partial charge on any atom is 0.230 e. The fraction of sp³-hybridized carbons (Fsp3) is 0.400. The van der Waals surface area contributed by atoms with Gasteiger partial charge in [-0.1, -0.05) is 53.7 Å². The van der Waals surface area contributed by atoms with E-state index in [-0.39, 0.29) is 11.9 Å². The van der Waals surface area contributed by atoms with Crippen LogP contribution in [0.5, 0.6) is 0 Å². The summed E-state index contributed by atoms with van der Waals surface area (Å²) in [6.07, 6.45) is 0. The molecule has 1 amide bonds. The number of thioether (sulfide) groups is 1. The molecule has 5 nitrogen and oxygen atoms in total. The second kappa shape index (κ2) is 7.78. The number of nitrogens with zero attached hydrogens (tertiary/aromatic N) is 2. The first-order valence-electron chi connectivity index (χ1n) is 7.06. The van der Waals surface area contributed by atoms with Gasteiger partial charge in [0.25, 0.3) is 0 Å². The number of hydrogen-bond acceptors (Lipinski definition) is 4. The van der Waals surface area contributed by atoms with Crippen LogP contribution in [0.2, 0.25) is 0 Å². The minimum atomic E-state index is 0.00110. The first kappa shape index (κ1) is 17.0. The summed E-state index contributed by atoms with van der Waals surface area (Å²) in [6.45, 7) is 6.17. The van der Waals surface area contributed by atoms with Gasteiger partial charge >= 0.3 is 0 Å². The minimum absolute atomic E-state index is 0.00110. The monoisotopic (exact) mass is 382 g/mol. The van der Waals surface area contributed by atoms with Crippen LogP contribution in [0.1, 0.15) is 20.8 Å². The van der Waals surface area contributed by atoms with E-state index in [9.17, 15) is 4.79 Å². The van der Waals surface area contributed by atoms with E-state index in [0.717, 1.165) is 10.0 Å². The predicted molar refractivity (Wildman–Crippen MR) is 92.7 cm³/mol. The molecule has 1 heterocycles. The van der Waals surface area contributed by atoms with Crippen molar-refractivity contribution in [3.8, 4) is 11.4 Å². The molecule has 0 aliphatic heterocycles. The van der Waals surface area contributed by atoms with Crippen LogP contribution < -0.4 is 5.32 Å². The molecule has 118 valence electrons. The summed E-state index contributed by atoms with van der Waals surface area (Å²) in [7, 11) is 0. The maximum atomic E-state index is 11.8. The molecule has 2 aromatic rings. The first-order chi connectivity index (χ1) is 10.5. The lowest BCUT2D eigenvalue weighted by atomic mass is 10.1. The van der Waals surface area contributed by atoms with Gasteiger partial charge in [0.2, 0.25) is 11.1 Å². The Hall–Kier alpha value is -1.34. The number of amides is 1. The van der Waals surface area contributed by atoms with E-state index in [1.807, 2.05) is 31.2 Å². The molecule has 1 aromatic carbocycles. The van der Waals surface area contributed by atoms with Crippen molar-refractivity contribution in [2.24, 2.45) is 5.92 Å². The SMILES string of the molecule is CC(C)[C@H](C)NC(=O)CSc1n[nH]c(-c2ccc(Br)cc2)n1. The number of carbonyl (C=O) groups excluding carboxylic acids is 1. The largest absolute Gasteiger partial charge is 0.353 e. The third-order valence-corrected chi connectivity index (χ3v) is 4.68. The molecule has 0 saturated heterocycles. The molecule has 0 spiro atoms. The average molecular weight is 383 g/mol. The molecule has 1 aromatic heterocycles. The summed E-state index contributed by atoms with van der Waals surface area (Å²) >= 11 is 4.72. The molecule has 2 rings (SSSR count). The van der Waals surface area contributed by atoms with Gasteiger partial charge in [-0.15, -0.1) is 5.10 Å². The summed E-state index contributed by atoms with van der Waals surface area (Å²) in [5, 5.41) is 10.6. The Labute approximate surface area is 142 Å². The number of aromatic nitrogens is 3. The van der Waals surface area contributed by atoms with Crippen molar-refractivity contribution in [1.29, 1.82) is 0 Å². The fourth-order valence-electron chi connectivity index (χ4n) is 1.64. The molecule has 0 aliphatic carbocycles. The van der Waals surface area contributed by atoms with Crippen molar-refractivity contribution in [3.05, 3.63) is 28.7 Å². The van der Waals surface area contributed by atoms with Crippen LogP contribution in [0.3, 0.4) is 0 Å². The van der Waals surface area contributed by atoms with E-state index in [1.54, 1.807) is 0 Å². The summed E-state index contributed by atoms with van der Waals surface area (Å²) in [6, 6.07) is 7.97. The van der Waals surface area contributed by atoms with Crippen LogP contribution in [-0.2, 0) is 4.79 Å². The van der Waals surface area contributed by atoms with Crippen molar-refractivity contribution in [1.82, 2.24) is 20.5 Å². The van der Waals surface area contributed by atoms with Crippen molar-refractivity contribution in [2.45, 2.75) is 32.0 Å². The number of benzene rings is 1. The molecule has 0 radical (unpaired) electrons. The highest BCUT2D eigenvalue weighted by Gasteiger charge is 2.12. The minimum Gasteiger partial charge on any atom is -0.353 e. The third-order valence-electron chi connectivity index (χ3n) is 3.30. The Morgan fingerprint density at radius 3 is 2.64 bits per heavy atom. The zero-order valence-corrected chi connectivity index (χ0v) is 15.2. The van der Waals surface area contributed by atoms with Crippen molar-refractivity contribution >= 4 is 33.6 Å². The van der Waals surface area contributed by atoms with Gasteiger partial charge < -0.3 is 5.32 Å². The highest BCUT2D eigenvalue weighted by Crippen LogP contribution is 2.21. The topological polar surface area (TPSA) is 70.7 Å². The van der Waals surface area contributed by atoms with Gasteiger partial charge in [0.1, 0.15) is 0 Å². The van der Waals surface area contributed by atoms with Crippen LogP contribution in [-0.4, -0.2) is 32.9 Å². The normalized spacial score (nSPS) is 12.4. The fourth-order valence-corrected chi connectivity index (χ4v) is 2.51. The van der Waals surface area contributed by atoms with Crippen LogP contribution in [0, 0.1) is 5.92 Å². The molecule has 2 N–H and O–H groups in total. The Morgan fingerprint density at radius 2 is 2.00 bits per heavy atom.